The number of anilines is 1. The number of fused-ring (bicyclic) bond motifs is 1. The van der Waals surface area contributed by atoms with Gasteiger partial charge in [-0.15, -0.1) is 0 Å². The lowest BCUT2D eigenvalue weighted by molar-refractivity contribution is 0.0952. The maximum Gasteiger partial charge on any atom is 0.281 e. The molecule has 2 N–H and O–H groups in total. The van der Waals surface area contributed by atoms with Crippen molar-refractivity contribution in [2.75, 3.05) is 5.32 Å². The average molecular weight is 427 g/mol. The van der Waals surface area contributed by atoms with Crippen LogP contribution in [0, 0.1) is 17.1 Å². The first-order valence-corrected chi connectivity index (χ1v) is 9.82. The first kappa shape index (κ1) is 20.8. The van der Waals surface area contributed by atoms with Crippen molar-refractivity contribution < 1.29 is 9.18 Å². The molecule has 0 aliphatic carbocycles. The standard InChI is InChI=1S/C24H18FN5O2/c25-19-9-7-16(8-10-19)13-29-23(31)20-6-3-11-30-22(20)28-15-21(24(30)32)27-14-18-5-2-1-4-17(18)12-26/h1-11,15,27H,13-14H2,(H,29,31). The lowest BCUT2D eigenvalue weighted by atomic mass is 10.1. The Morgan fingerprint density at radius 2 is 1.84 bits per heavy atom. The van der Waals surface area contributed by atoms with Crippen molar-refractivity contribution in [3.8, 4) is 6.07 Å². The number of nitrogens with zero attached hydrogens (tertiary/aromatic N) is 3. The zero-order valence-electron chi connectivity index (χ0n) is 16.9. The van der Waals surface area contributed by atoms with E-state index in [4.69, 9.17) is 0 Å². The molecule has 0 saturated carbocycles. The number of carbonyl (C=O) groups is 1. The Kier molecular flexibility index (Phi) is 5.90. The number of halogens is 1. The third kappa shape index (κ3) is 4.32. The molecule has 0 radical (unpaired) electrons. The number of nitrogens with one attached hydrogen (secondary N) is 2. The van der Waals surface area contributed by atoms with Crippen molar-refractivity contribution in [3.63, 3.8) is 0 Å². The Morgan fingerprint density at radius 1 is 1.06 bits per heavy atom. The molecule has 0 spiro atoms. The molecule has 0 fully saturated rings. The van der Waals surface area contributed by atoms with Gasteiger partial charge in [-0.2, -0.15) is 5.26 Å². The lowest BCUT2D eigenvalue weighted by Crippen LogP contribution is -2.26. The van der Waals surface area contributed by atoms with Crippen LogP contribution >= 0.6 is 0 Å². The second-order valence-corrected chi connectivity index (χ2v) is 7.02. The molecule has 8 heteroatoms. The first-order valence-electron chi connectivity index (χ1n) is 9.82. The molecule has 2 aromatic carbocycles. The van der Waals surface area contributed by atoms with Crippen LogP contribution in [0.4, 0.5) is 10.1 Å². The number of nitriles is 1. The summed E-state index contributed by atoms with van der Waals surface area (Å²) >= 11 is 0. The van der Waals surface area contributed by atoms with Crippen molar-refractivity contribution in [1.82, 2.24) is 14.7 Å². The summed E-state index contributed by atoms with van der Waals surface area (Å²) in [6, 6.07) is 18.2. The van der Waals surface area contributed by atoms with Crippen LogP contribution in [-0.2, 0) is 13.1 Å². The summed E-state index contributed by atoms with van der Waals surface area (Å²) in [4.78, 5) is 29.9. The van der Waals surface area contributed by atoms with Crippen LogP contribution in [0.1, 0.15) is 27.0 Å². The number of hydrogen-bond acceptors (Lipinski definition) is 5. The van der Waals surface area contributed by atoms with Crippen molar-refractivity contribution in [2.24, 2.45) is 0 Å². The highest BCUT2D eigenvalue weighted by molar-refractivity contribution is 5.99. The molecule has 0 atom stereocenters. The summed E-state index contributed by atoms with van der Waals surface area (Å²) in [7, 11) is 0. The van der Waals surface area contributed by atoms with Crippen molar-refractivity contribution in [1.29, 1.82) is 5.26 Å². The fourth-order valence-electron chi connectivity index (χ4n) is 3.26. The SMILES string of the molecule is N#Cc1ccccc1CNc1cnc2c(C(=O)NCc3ccc(F)cc3)cccn2c1=O. The number of rotatable bonds is 6. The second-order valence-electron chi connectivity index (χ2n) is 7.02. The first-order chi connectivity index (χ1) is 15.6. The Hall–Kier alpha value is -4.51. The molecule has 4 rings (SSSR count). The van der Waals surface area contributed by atoms with Gasteiger partial charge in [-0.25, -0.2) is 9.37 Å². The maximum absolute atomic E-state index is 13.0. The second kappa shape index (κ2) is 9.10. The Morgan fingerprint density at radius 3 is 2.62 bits per heavy atom. The van der Waals surface area contributed by atoms with Gasteiger partial charge < -0.3 is 10.6 Å². The van der Waals surface area contributed by atoms with E-state index in [0.717, 1.165) is 11.1 Å². The topological polar surface area (TPSA) is 99.3 Å². The van der Waals surface area contributed by atoms with Crippen molar-refractivity contribution >= 4 is 17.2 Å². The smallest absolute Gasteiger partial charge is 0.281 e. The fraction of sp³-hybridized carbons (Fsp3) is 0.0833. The summed E-state index contributed by atoms with van der Waals surface area (Å²) < 4.78 is 14.3. The van der Waals surface area contributed by atoms with E-state index in [1.54, 1.807) is 42.5 Å². The van der Waals surface area contributed by atoms with Gasteiger partial charge in [0, 0.05) is 19.3 Å². The van der Waals surface area contributed by atoms with Gasteiger partial charge in [-0.3, -0.25) is 14.0 Å². The molecular formula is C24H18FN5O2. The number of benzene rings is 2. The highest BCUT2D eigenvalue weighted by atomic mass is 19.1. The molecule has 2 heterocycles. The monoisotopic (exact) mass is 427 g/mol. The third-order valence-electron chi connectivity index (χ3n) is 4.95. The normalized spacial score (nSPS) is 10.5. The van der Waals surface area contributed by atoms with Gasteiger partial charge in [0.25, 0.3) is 11.5 Å². The fourth-order valence-corrected chi connectivity index (χ4v) is 3.26. The van der Waals surface area contributed by atoms with E-state index in [-0.39, 0.29) is 41.4 Å². The molecule has 1 amide bonds. The minimum Gasteiger partial charge on any atom is -0.375 e. The third-order valence-corrected chi connectivity index (χ3v) is 4.95. The van der Waals surface area contributed by atoms with E-state index in [0.29, 0.717) is 5.56 Å². The number of aromatic nitrogens is 2. The van der Waals surface area contributed by atoms with E-state index in [1.165, 1.54) is 28.9 Å². The van der Waals surface area contributed by atoms with Crippen molar-refractivity contribution in [2.45, 2.75) is 13.1 Å². The summed E-state index contributed by atoms with van der Waals surface area (Å²) in [5.74, 6) is -0.749. The van der Waals surface area contributed by atoms with Gasteiger partial charge in [-0.1, -0.05) is 30.3 Å². The van der Waals surface area contributed by atoms with Gasteiger partial charge in [0.15, 0.2) is 5.65 Å². The van der Waals surface area contributed by atoms with Crippen LogP contribution in [0.15, 0.2) is 77.9 Å². The van der Waals surface area contributed by atoms with Crippen LogP contribution in [-0.4, -0.2) is 15.3 Å². The van der Waals surface area contributed by atoms with Gasteiger partial charge in [0.1, 0.15) is 11.5 Å². The minimum atomic E-state index is -0.400. The molecule has 0 bridgehead atoms. The van der Waals surface area contributed by atoms with Crippen LogP contribution in [0.5, 0.6) is 0 Å². The van der Waals surface area contributed by atoms with Crippen LogP contribution in [0.2, 0.25) is 0 Å². The van der Waals surface area contributed by atoms with Gasteiger partial charge >= 0.3 is 0 Å². The van der Waals surface area contributed by atoms with Crippen LogP contribution in [0.3, 0.4) is 0 Å². The number of carbonyl (C=O) groups excluding carboxylic acids is 1. The molecule has 0 saturated heterocycles. The molecule has 158 valence electrons. The molecule has 0 unspecified atom stereocenters. The van der Waals surface area contributed by atoms with E-state index in [1.807, 2.05) is 6.07 Å². The zero-order valence-corrected chi connectivity index (χ0v) is 16.9. The Bertz CT molecular complexity index is 1390. The molecule has 7 nitrogen and oxygen atoms in total. The summed E-state index contributed by atoms with van der Waals surface area (Å²) in [6.07, 6.45) is 2.92. The maximum atomic E-state index is 13.0. The molecule has 2 aromatic heterocycles. The minimum absolute atomic E-state index is 0.211. The van der Waals surface area contributed by atoms with Crippen molar-refractivity contribution in [3.05, 3.63) is 111 Å². The Balaban J connectivity index is 1.55. The molecular weight excluding hydrogens is 409 g/mol. The predicted molar refractivity (Wildman–Crippen MR) is 118 cm³/mol. The summed E-state index contributed by atoms with van der Waals surface area (Å²) in [5.41, 5.74) is 2.37. The van der Waals surface area contributed by atoms with E-state index in [9.17, 15) is 19.2 Å². The molecule has 0 aliphatic heterocycles. The average Bonchev–Trinajstić information content (AvgIpc) is 2.83. The largest absolute Gasteiger partial charge is 0.375 e. The lowest BCUT2D eigenvalue weighted by Gasteiger charge is -2.11. The molecule has 32 heavy (non-hydrogen) atoms. The van der Waals surface area contributed by atoms with Gasteiger partial charge in [0.2, 0.25) is 0 Å². The zero-order chi connectivity index (χ0) is 22.5. The van der Waals surface area contributed by atoms with Gasteiger partial charge in [0.05, 0.1) is 23.4 Å². The molecule has 0 aliphatic rings. The number of hydrogen-bond donors (Lipinski definition) is 2. The number of amides is 1. The highest BCUT2D eigenvalue weighted by Gasteiger charge is 2.14. The summed E-state index contributed by atoms with van der Waals surface area (Å²) in [5, 5.41) is 15.0. The van der Waals surface area contributed by atoms with Gasteiger partial charge in [-0.05, 0) is 41.5 Å². The summed E-state index contributed by atoms with van der Waals surface area (Å²) in [6.45, 7) is 0.493. The van der Waals surface area contributed by atoms with Crippen LogP contribution in [0.25, 0.3) is 5.65 Å². The van der Waals surface area contributed by atoms with E-state index in [2.05, 4.69) is 21.7 Å². The quantitative estimate of drug-likeness (QED) is 0.492. The molecule has 4 aromatic rings. The van der Waals surface area contributed by atoms with E-state index < -0.39 is 5.91 Å². The Labute approximate surface area is 182 Å². The highest BCUT2D eigenvalue weighted by Crippen LogP contribution is 2.12. The van der Waals surface area contributed by atoms with E-state index >= 15 is 0 Å². The predicted octanol–water partition coefficient (Wildman–Crippen LogP) is 3.25. The number of pyridine rings is 1. The van der Waals surface area contributed by atoms with Crippen LogP contribution < -0.4 is 16.2 Å².